The number of carboxylic acid groups (broad SMARTS) is 1. The molecule has 0 fully saturated rings. The zero-order valence-electron chi connectivity index (χ0n) is 42.3. The van der Waals surface area contributed by atoms with Crippen LogP contribution in [0.3, 0.4) is 0 Å². The number of aryl methyl sites for hydroxylation is 2. The lowest BCUT2D eigenvalue weighted by molar-refractivity contribution is -0.193. The number of carboxylic acids is 1. The van der Waals surface area contributed by atoms with E-state index in [-0.39, 0.29) is 45.6 Å². The van der Waals surface area contributed by atoms with E-state index in [0.29, 0.717) is 48.7 Å². The number of methoxy groups -OCH3 is 3. The number of nitrogens with one attached hydrogen (secondary N) is 2. The van der Waals surface area contributed by atoms with E-state index < -0.39 is 76.8 Å². The number of benzene rings is 3. The van der Waals surface area contributed by atoms with Crippen molar-refractivity contribution in [2.24, 2.45) is 7.05 Å². The highest BCUT2D eigenvalue weighted by atomic mass is 35.5. The van der Waals surface area contributed by atoms with Gasteiger partial charge < -0.3 is 43.1 Å². The smallest absolute Gasteiger partial charge is 0.431 e. The Morgan fingerprint density at radius 2 is 1.61 bits per heavy atom. The van der Waals surface area contributed by atoms with Crippen LogP contribution in [-0.4, -0.2) is 118 Å². The molecule has 416 valence electrons. The second-order valence-electron chi connectivity index (χ2n) is 15.9. The van der Waals surface area contributed by atoms with E-state index in [1.807, 2.05) is 30.4 Å². The fraction of sp³-hybridized carbons (Fsp3) is 0.356. The molecular weight excluding hydrogens is 1120 g/mol. The summed E-state index contributed by atoms with van der Waals surface area (Å²) in [7, 11) is -2.86. The molecule has 0 spiro atoms. The van der Waals surface area contributed by atoms with E-state index in [0.717, 1.165) is 23.5 Å². The first kappa shape index (κ1) is 63.9. The van der Waals surface area contributed by atoms with Gasteiger partial charge in [0.1, 0.15) is 31.4 Å². The van der Waals surface area contributed by atoms with E-state index in [4.69, 9.17) is 56.9 Å². The molecule has 2 unspecified atom stereocenters. The quantitative estimate of drug-likeness (QED) is 0.0539. The van der Waals surface area contributed by atoms with Gasteiger partial charge in [0, 0.05) is 18.7 Å². The third-order valence-electron chi connectivity index (χ3n) is 9.48. The van der Waals surface area contributed by atoms with Crippen molar-refractivity contribution in [1.29, 1.82) is 0 Å². The molecule has 23 nitrogen and oxygen atoms in total. The number of aliphatic carboxylic acids is 1. The molecule has 0 aliphatic heterocycles. The van der Waals surface area contributed by atoms with Gasteiger partial charge in [-0.25, -0.2) is 14.2 Å². The van der Waals surface area contributed by atoms with Gasteiger partial charge in [-0.3, -0.25) is 24.2 Å². The fourth-order valence-corrected chi connectivity index (χ4v) is 7.78. The molecule has 0 bridgehead atoms. The summed E-state index contributed by atoms with van der Waals surface area (Å²) in [6, 6.07) is 16.3. The first-order valence-corrected chi connectivity index (χ1v) is 28.1. The molecule has 3 aromatic heterocycles. The van der Waals surface area contributed by atoms with Crippen LogP contribution in [0.1, 0.15) is 36.2 Å². The van der Waals surface area contributed by atoms with Crippen molar-refractivity contribution in [1.82, 2.24) is 34.0 Å². The number of carbonyl (C=O) groups excluding carboxylic acids is 1. The normalized spacial score (nSPS) is 12.3. The SMILES string of the molecule is CCc1ccc(COc2ccc(-n3c(=O)cc(C(F)(F)F)n(C)c3=O)cc2)c(OC(C)C(=O)OC)c1.COc1cc(OC)n2nc(S(=O)(=O)Nc3c(Cl)ccc(C)c3Cl)nc2n1.C[S+](C)C.O=C(O)CNCP(=O)([O-])O. The summed E-state index contributed by atoms with van der Waals surface area (Å²) in [6.07, 6.45) is 0.967. The molecule has 0 radical (unpaired) electrons. The first-order valence-electron chi connectivity index (χ1n) is 21.6. The molecule has 6 rings (SSSR count). The van der Waals surface area contributed by atoms with Crippen LogP contribution in [0.2, 0.25) is 10.0 Å². The summed E-state index contributed by atoms with van der Waals surface area (Å²) in [4.78, 5) is 72.2. The van der Waals surface area contributed by atoms with Gasteiger partial charge in [0.15, 0.2) is 6.10 Å². The highest BCUT2D eigenvalue weighted by Crippen LogP contribution is 2.35. The highest BCUT2D eigenvalue weighted by Gasteiger charge is 2.35. The van der Waals surface area contributed by atoms with Gasteiger partial charge in [-0.05, 0) is 78.7 Å². The largest absolute Gasteiger partial charge is 0.778 e. The number of hydrogen-bond donors (Lipinski definition) is 4. The molecule has 4 N–H and O–H groups in total. The Morgan fingerprint density at radius 3 is 2.14 bits per heavy atom. The van der Waals surface area contributed by atoms with E-state index >= 15 is 0 Å². The Balaban J connectivity index is 0.000000329. The minimum absolute atomic E-state index is 0.0111. The summed E-state index contributed by atoms with van der Waals surface area (Å²) in [5, 5.41) is 13.7. The maximum absolute atomic E-state index is 13.1. The summed E-state index contributed by atoms with van der Waals surface area (Å²) in [6.45, 7) is 4.87. The van der Waals surface area contributed by atoms with E-state index in [2.05, 4.69) is 38.6 Å². The van der Waals surface area contributed by atoms with Crippen LogP contribution < -0.4 is 45.1 Å². The molecule has 3 aromatic carbocycles. The second-order valence-corrected chi connectivity index (χ2v) is 22.3. The number of hydrogen-bond acceptors (Lipinski definition) is 17. The highest BCUT2D eigenvalue weighted by molar-refractivity contribution is 7.94. The molecule has 0 amide bonds. The molecule has 2 atom stereocenters. The molecule has 3 heterocycles. The lowest BCUT2D eigenvalue weighted by Crippen LogP contribution is -2.40. The summed E-state index contributed by atoms with van der Waals surface area (Å²) < 4.78 is 105. The van der Waals surface area contributed by atoms with Gasteiger partial charge in [-0.2, -0.15) is 36.1 Å². The van der Waals surface area contributed by atoms with Crippen LogP contribution in [0.5, 0.6) is 23.3 Å². The number of fused-ring (bicyclic) bond motifs is 1. The standard InChI is InChI=1S/C25H25F3N2O6.C14H13Cl2N5O4S.C3H8NO5P.C3H9S/c1-5-16-6-7-17(20(12-16)36-15(2)23(32)34-4)14-35-19-10-8-18(9-11-19)30-22(31)13-21(25(26,27)28)29(3)24(30)33;1-7-4-5-8(15)12(11(7)16)20-26(22,23)14-18-13-17-9(24-2)6-10(25-3)21(13)19-14;5-3(6)1-4-2-10(7,8)9;1-4(2)3/h6-13,15H,5,14H2,1-4H3;4-6,20H,1-3H3;4H,1-2H2,(H,5,6)(H2,7,8,9);1-3H3/q;;;+1/p-1. The topological polar surface area (TPSA) is 306 Å². The summed E-state index contributed by atoms with van der Waals surface area (Å²) >= 11 is 12.2. The molecular formula is C45H54Cl2F3N8O15PS2. The van der Waals surface area contributed by atoms with Crippen LogP contribution in [0.4, 0.5) is 18.9 Å². The lowest BCUT2D eigenvalue weighted by atomic mass is 10.1. The number of halogens is 5. The molecule has 31 heteroatoms. The summed E-state index contributed by atoms with van der Waals surface area (Å²) in [5.41, 5.74) is -1.10. The Hall–Kier alpha value is -6.39. The van der Waals surface area contributed by atoms with Gasteiger partial charge in [-0.15, -0.1) is 5.10 Å². The number of ether oxygens (including phenoxy) is 5. The molecule has 76 heavy (non-hydrogen) atoms. The summed E-state index contributed by atoms with van der Waals surface area (Å²) in [5.74, 6) is -0.470. The maximum atomic E-state index is 13.1. The lowest BCUT2D eigenvalue weighted by Gasteiger charge is -2.17. The van der Waals surface area contributed by atoms with Crippen molar-refractivity contribution >= 4 is 75.1 Å². The molecule has 0 saturated carbocycles. The van der Waals surface area contributed by atoms with E-state index in [1.54, 1.807) is 19.9 Å². The third kappa shape index (κ3) is 18.7. The molecule has 0 aliphatic rings. The van der Waals surface area contributed by atoms with Crippen molar-refractivity contribution in [3.8, 4) is 28.9 Å². The Morgan fingerprint density at radius 1 is 0.974 bits per heavy atom. The predicted octanol–water partition coefficient (Wildman–Crippen LogP) is 4.85. The van der Waals surface area contributed by atoms with Gasteiger partial charge in [0.05, 0.1) is 80.4 Å². The van der Waals surface area contributed by atoms with Gasteiger partial charge in [0.25, 0.3) is 26.5 Å². The maximum Gasteiger partial charge on any atom is 0.431 e. The average molecular weight is 1170 g/mol. The zero-order chi connectivity index (χ0) is 57.5. The van der Waals surface area contributed by atoms with Crippen LogP contribution >= 0.6 is 30.8 Å². The number of nitrogens with zero attached hydrogens (tertiary/aromatic N) is 6. The number of esters is 1. The van der Waals surface area contributed by atoms with Crippen molar-refractivity contribution in [2.45, 2.75) is 51.2 Å². The van der Waals surface area contributed by atoms with Crippen LogP contribution in [0.25, 0.3) is 11.5 Å². The van der Waals surface area contributed by atoms with Crippen molar-refractivity contribution in [3.63, 3.8) is 0 Å². The Kier molecular flexibility index (Phi) is 23.6. The molecule has 6 aromatic rings. The van der Waals surface area contributed by atoms with E-state index in [9.17, 15) is 50.2 Å². The minimum Gasteiger partial charge on any atom is -0.778 e. The minimum atomic E-state index is -4.84. The van der Waals surface area contributed by atoms with E-state index in [1.165, 1.54) is 57.7 Å². The zero-order valence-corrected chi connectivity index (χ0v) is 46.3. The number of sulfonamides is 1. The van der Waals surface area contributed by atoms with Gasteiger partial charge in [-0.1, -0.05) is 48.3 Å². The number of rotatable bonds is 17. The van der Waals surface area contributed by atoms with Crippen LogP contribution in [0, 0.1) is 6.92 Å². The number of aromatic nitrogens is 6. The van der Waals surface area contributed by atoms with Crippen molar-refractivity contribution in [2.75, 3.05) is 57.6 Å². The van der Waals surface area contributed by atoms with Crippen molar-refractivity contribution in [3.05, 3.63) is 120 Å². The molecule has 0 saturated heterocycles. The first-order chi connectivity index (χ1) is 35.4. The number of alkyl halides is 3. The predicted molar refractivity (Wildman–Crippen MR) is 276 cm³/mol. The Bertz CT molecular complexity index is 3270. The van der Waals surface area contributed by atoms with Gasteiger partial charge in [0.2, 0.25) is 11.8 Å². The molecule has 0 aliphatic carbocycles. The average Bonchev–Trinajstić information content (AvgIpc) is 3.80. The number of anilines is 1. The third-order valence-corrected chi connectivity index (χ3v) is 12.0. The van der Waals surface area contributed by atoms with Crippen molar-refractivity contribution < 1.29 is 74.3 Å². The second kappa shape index (κ2) is 28.1. The number of carbonyl (C=O) groups is 2. The van der Waals surface area contributed by atoms with Gasteiger partial charge >= 0.3 is 23.8 Å². The monoisotopic (exact) mass is 1170 g/mol. The Labute approximate surface area is 446 Å². The van der Waals surface area contributed by atoms with Crippen LogP contribution in [0.15, 0.2) is 81.5 Å². The van der Waals surface area contributed by atoms with Crippen LogP contribution in [-0.2, 0) is 66.1 Å². The fourth-order valence-electron chi connectivity index (χ4n) is 5.84.